The van der Waals surface area contributed by atoms with E-state index in [9.17, 15) is 4.79 Å². The lowest BCUT2D eigenvalue weighted by Gasteiger charge is -2.32. The van der Waals surface area contributed by atoms with Crippen molar-refractivity contribution in [2.45, 2.75) is 12.5 Å². The third kappa shape index (κ3) is 4.98. The van der Waals surface area contributed by atoms with Gasteiger partial charge in [-0.2, -0.15) is 0 Å². The molecule has 0 saturated carbocycles. The lowest BCUT2D eigenvalue weighted by molar-refractivity contribution is -0.138. The zero-order chi connectivity index (χ0) is 15.9. The monoisotopic (exact) mass is 307 g/mol. The number of carbonyl (C=O) groups is 1. The van der Waals surface area contributed by atoms with Crippen molar-refractivity contribution < 1.29 is 14.6 Å². The fourth-order valence-electron chi connectivity index (χ4n) is 2.49. The summed E-state index contributed by atoms with van der Waals surface area (Å²) in [4.78, 5) is 15.6. The number of likely N-dealkylation sites (N-methyl/N-ethyl adjacent to an activating group) is 1. The van der Waals surface area contributed by atoms with E-state index in [2.05, 4.69) is 16.8 Å². The predicted molar refractivity (Wildman–Crippen MR) is 85.2 cm³/mol. The van der Waals surface area contributed by atoms with Crippen molar-refractivity contribution in [3.05, 3.63) is 29.8 Å². The van der Waals surface area contributed by atoms with E-state index in [1.54, 1.807) is 0 Å². The summed E-state index contributed by atoms with van der Waals surface area (Å²) in [6.07, 6.45) is 0.278. The standard InChI is InChI=1S/C16H25N3O3/c1-18-6-8-19(9-7-18)10-11-22-15-5-3-2-4-13(15)12-14(17)16(20)21/h2-5,14H,6-12,17H2,1H3,(H,20,21). The Labute approximate surface area is 131 Å². The molecule has 1 aliphatic heterocycles. The van der Waals surface area contributed by atoms with Crippen LogP contribution in [0.5, 0.6) is 5.75 Å². The van der Waals surface area contributed by atoms with E-state index in [4.69, 9.17) is 15.6 Å². The number of benzene rings is 1. The maximum atomic E-state index is 10.9. The van der Waals surface area contributed by atoms with E-state index in [0.29, 0.717) is 6.61 Å². The molecule has 22 heavy (non-hydrogen) atoms. The lowest BCUT2D eigenvalue weighted by atomic mass is 10.1. The summed E-state index contributed by atoms with van der Waals surface area (Å²) in [5, 5.41) is 8.93. The first kappa shape index (κ1) is 16.7. The Morgan fingerprint density at radius 3 is 2.68 bits per heavy atom. The molecule has 1 fully saturated rings. The summed E-state index contributed by atoms with van der Waals surface area (Å²) < 4.78 is 5.84. The van der Waals surface area contributed by atoms with E-state index in [-0.39, 0.29) is 6.42 Å². The number of rotatable bonds is 7. The average Bonchev–Trinajstić information content (AvgIpc) is 2.51. The van der Waals surface area contributed by atoms with Crippen molar-refractivity contribution >= 4 is 5.97 Å². The molecule has 122 valence electrons. The minimum atomic E-state index is -0.993. The van der Waals surface area contributed by atoms with Gasteiger partial charge in [-0.3, -0.25) is 9.69 Å². The SMILES string of the molecule is CN1CCN(CCOc2ccccc2CC(N)C(=O)O)CC1. The van der Waals surface area contributed by atoms with Crippen LogP contribution in [0.3, 0.4) is 0 Å². The van der Waals surface area contributed by atoms with Crippen LogP contribution < -0.4 is 10.5 Å². The molecule has 1 aromatic carbocycles. The third-order valence-electron chi connectivity index (χ3n) is 3.99. The van der Waals surface area contributed by atoms with Gasteiger partial charge in [-0.05, 0) is 18.7 Å². The zero-order valence-electron chi connectivity index (χ0n) is 13.1. The fourth-order valence-corrected chi connectivity index (χ4v) is 2.49. The molecule has 6 nitrogen and oxygen atoms in total. The molecule has 2 rings (SSSR count). The van der Waals surface area contributed by atoms with Crippen LogP contribution >= 0.6 is 0 Å². The maximum absolute atomic E-state index is 10.9. The molecular weight excluding hydrogens is 282 g/mol. The van der Waals surface area contributed by atoms with Crippen molar-refractivity contribution in [3.8, 4) is 5.75 Å². The Morgan fingerprint density at radius 2 is 2.00 bits per heavy atom. The molecule has 0 aliphatic carbocycles. The van der Waals surface area contributed by atoms with Crippen molar-refractivity contribution in [1.82, 2.24) is 9.80 Å². The molecule has 1 aromatic rings. The second kappa shape index (κ2) is 8.12. The third-order valence-corrected chi connectivity index (χ3v) is 3.99. The zero-order valence-corrected chi connectivity index (χ0v) is 13.1. The van der Waals surface area contributed by atoms with E-state index in [1.807, 2.05) is 24.3 Å². The highest BCUT2D eigenvalue weighted by molar-refractivity contribution is 5.73. The number of piperazine rings is 1. The summed E-state index contributed by atoms with van der Waals surface area (Å²) >= 11 is 0. The molecule has 0 amide bonds. The van der Waals surface area contributed by atoms with E-state index in [0.717, 1.165) is 44.0 Å². The van der Waals surface area contributed by atoms with E-state index < -0.39 is 12.0 Å². The summed E-state index contributed by atoms with van der Waals surface area (Å²) in [6, 6.07) is 6.60. The normalized spacial score (nSPS) is 18.1. The van der Waals surface area contributed by atoms with Crippen LogP contribution in [0.2, 0.25) is 0 Å². The number of hydrogen-bond donors (Lipinski definition) is 2. The molecule has 0 spiro atoms. The molecule has 1 saturated heterocycles. The molecule has 6 heteroatoms. The van der Waals surface area contributed by atoms with Crippen molar-refractivity contribution in [2.75, 3.05) is 46.4 Å². The molecule has 1 aliphatic rings. The Bertz CT molecular complexity index is 487. The second-order valence-corrected chi connectivity index (χ2v) is 5.75. The number of para-hydroxylation sites is 1. The van der Waals surface area contributed by atoms with Gasteiger partial charge in [0.2, 0.25) is 0 Å². The molecule has 0 radical (unpaired) electrons. The Balaban J connectivity index is 1.83. The summed E-state index contributed by atoms with van der Waals surface area (Å²) in [7, 11) is 2.13. The Kier molecular flexibility index (Phi) is 6.18. The van der Waals surface area contributed by atoms with Gasteiger partial charge in [0.15, 0.2) is 0 Å². The van der Waals surface area contributed by atoms with Gasteiger partial charge in [-0.15, -0.1) is 0 Å². The van der Waals surface area contributed by atoms with Gasteiger partial charge in [-0.1, -0.05) is 18.2 Å². The van der Waals surface area contributed by atoms with Gasteiger partial charge >= 0.3 is 5.97 Å². The van der Waals surface area contributed by atoms with Gasteiger partial charge in [0.05, 0.1) is 0 Å². The first-order chi connectivity index (χ1) is 10.6. The highest BCUT2D eigenvalue weighted by Crippen LogP contribution is 2.19. The molecule has 1 heterocycles. The van der Waals surface area contributed by atoms with Gasteiger partial charge < -0.3 is 20.5 Å². The number of carboxylic acid groups (broad SMARTS) is 1. The van der Waals surface area contributed by atoms with E-state index in [1.165, 1.54) is 0 Å². The number of aliphatic carboxylic acids is 1. The lowest BCUT2D eigenvalue weighted by Crippen LogP contribution is -2.45. The number of nitrogens with two attached hydrogens (primary N) is 1. The van der Waals surface area contributed by atoms with Crippen molar-refractivity contribution in [1.29, 1.82) is 0 Å². The average molecular weight is 307 g/mol. The number of ether oxygens (including phenoxy) is 1. The quantitative estimate of drug-likeness (QED) is 0.753. The minimum Gasteiger partial charge on any atom is -0.492 e. The fraction of sp³-hybridized carbons (Fsp3) is 0.562. The van der Waals surface area contributed by atoms with Crippen molar-refractivity contribution in [2.24, 2.45) is 5.73 Å². The highest BCUT2D eigenvalue weighted by atomic mass is 16.5. The number of hydrogen-bond acceptors (Lipinski definition) is 5. The second-order valence-electron chi connectivity index (χ2n) is 5.75. The van der Waals surface area contributed by atoms with Crippen LogP contribution in [0.15, 0.2) is 24.3 Å². The van der Waals surface area contributed by atoms with Crippen LogP contribution in [0, 0.1) is 0 Å². The van der Waals surface area contributed by atoms with Crippen molar-refractivity contribution in [3.63, 3.8) is 0 Å². The number of carboxylic acids is 1. The first-order valence-electron chi connectivity index (χ1n) is 7.66. The molecular formula is C16H25N3O3. The smallest absolute Gasteiger partial charge is 0.320 e. The van der Waals surface area contributed by atoms with Gasteiger partial charge in [0, 0.05) is 39.1 Å². The molecule has 0 aromatic heterocycles. The molecule has 1 unspecified atom stereocenters. The molecule has 3 N–H and O–H groups in total. The van der Waals surface area contributed by atoms with Crippen LogP contribution in [0.25, 0.3) is 0 Å². The highest BCUT2D eigenvalue weighted by Gasteiger charge is 2.16. The summed E-state index contributed by atoms with van der Waals surface area (Å²) in [5.74, 6) is -0.263. The van der Waals surface area contributed by atoms with Crippen LogP contribution in [-0.2, 0) is 11.2 Å². The summed E-state index contributed by atoms with van der Waals surface area (Å²) in [6.45, 7) is 5.78. The largest absolute Gasteiger partial charge is 0.492 e. The van der Waals surface area contributed by atoms with Crippen LogP contribution in [0.4, 0.5) is 0 Å². The van der Waals surface area contributed by atoms with E-state index >= 15 is 0 Å². The van der Waals surface area contributed by atoms with Gasteiger partial charge in [0.1, 0.15) is 18.4 Å². The topological polar surface area (TPSA) is 79.0 Å². The van der Waals surface area contributed by atoms with Crippen LogP contribution in [-0.4, -0.2) is 73.3 Å². The Morgan fingerprint density at radius 1 is 1.32 bits per heavy atom. The van der Waals surface area contributed by atoms with Gasteiger partial charge in [0.25, 0.3) is 0 Å². The van der Waals surface area contributed by atoms with Crippen LogP contribution in [0.1, 0.15) is 5.56 Å². The first-order valence-corrected chi connectivity index (χ1v) is 7.66. The molecule has 0 bridgehead atoms. The summed E-state index contributed by atoms with van der Waals surface area (Å²) in [5.41, 5.74) is 6.45. The maximum Gasteiger partial charge on any atom is 0.320 e. The Hall–Kier alpha value is -1.63. The number of nitrogens with zero attached hydrogens (tertiary/aromatic N) is 2. The minimum absolute atomic E-state index is 0.278. The van der Waals surface area contributed by atoms with Gasteiger partial charge in [-0.25, -0.2) is 0 Å². The molecule has 1 atom stereocenters. The predicted octanol–water partition coefficient (Wildman–Crippen LogP) is 0.267.